The maximum atomic E-state index is 13.4. The van der Waals surface area contributed by atoms with Crippen LogP contribution in [-0.2, 0) is 17.8 Å². The Balaban J connectivity index is 1.53. The van der Waals surface area contributed by atoms with Gasteiger partial charge in [-0.3, -0.25) is 14.4 Å². The minimum absolute atomic E-state index is 0.134. The fourth-order valence-electron chi connectivity index (χ4n) is 4.08. The summed E-state index contributed by atoms with van der Waals surface area (Å²) in [6.07, 6.45) is 1.32. The smallest absolute Gasteiger partial charge is 0.264 e. The lowest BCUT2D eigenvalue weighted by molar-refractivity contribution is -0.132. The van der Waals surface area contributed by atoms with E-state index in [0.29, 0.717) is 27.1 Å². The lowest BCUT2D eigenvalue weighted by atomic mass is 10.1. The predicted octanol–water partition coefficient (Wildman–Crippen LogP) is 2.55. The summed E-state index contributed by atoms with van der Waals surface area (Å²) < 4.78 is 0.543. The van der Waals surface area contributed by atoms with Crippen LogP contribution in [0.15, 0.2) is 18.2 Å². The number of hydrogen-bond donors (Lipinski definition) is 1. The molecule has 0 aliphatic carbocycles. The van der Waals surface area contributed by atoms with Crippen molar-refractivity contribution in [2.75, 3.05) is 34.2 Å². The molecule has 4 rings (SSSR count). The average molecular weight is 481 g/mol. The molecule has 2 aliphatic heterocycles. The Morgan fingerprint density at radius 3 is 2.65 bits per heavy atom. The van der Waals surface area contributed by atoms with Crippen molar-refractivity contribution in [3.05, 3.63) is 42.7 Å². The van der Waals surface area contributed by atoms with E-state index in [9.17, 15) is 14.4 Å². The Labute approximate surface area is 194 Å². The molecule has 0 aromatic carbocycles. The van der Waals surface area contributed by atoms with Gasteiger partial charge in [0.15, 0.2) is 0 Å². The minimum atomic E-state index is -0.596. The standard InChI is InChI=1S/C21H25ClN4O3S2/c1-24(2)20(28)14-9-13(23-19(27)15-4-5-18(22)31-15)10-26(14)21(29)16-8-12-6-7-25(3)11-17(12)30-16/h4-5,8,13-14H,6-7,9-11H2,1-3H3,(H,23,27)/t13-,14+/m1/s1. The van der Waals surface area contributed by atoms with E-state index in [-0.39, 0.29) is 23.8 Å². The molecule has 31 heavy (non-hydrogen) atoms. The molecule has 7 nitrogen and oxygen atoms in total. The van der Waals surface area contributed by atoms with E-state index in [2.05, 4.69) is 17.3 Å². The lowest BCUT2D eigenvalue weighted by Crippen LogP contribution is -2.45. The minimum Gasteiger partial charge on any atom is -0.347 e. The van der Waals surface area contributed by atoms with Gasteiger partial charge in [0, 0.05) is 44.6 Å². The Bertz CT molecular complexity index is 1020. The topological polar surface area (TPSA) is 73.0 Å². The molecule has 2 aromatic rings. The summed E-state index contributed by atoms with van der Waals surface area (Å²) in [5, 5.41) is 2.97. The van der Waals surface area contributed by atoms with Crippen LogP contribution in [0.4, 0.5) is 0 Å². The number of amides is 3. The van der Waals surface area contributed by atoms with E-state index in [1.807, 2.05) is 6.07 Å². The normalized spacial score (nSPS) is 21.1. The Morgan fingerprint density at radius 2 is 1.97 bits per heavy atom. The lowest BCUT2D eigenvalue weighted by Gasteiger charge is -2.25. The van der Waals surface area contributed by atoms with Gasteiger partial charge in [-0.15, -0.1) is 22.7 Å². The third-order valence-electron chi connectivity index (χ3n) is 5.70. The van der Waals surface area contributed by atoms with Crippen LogP contribution in [0.2, 0.25) is 4.34 Å². The van der Waals surface area contributed by atoms with Crippen LogP contribution < -0.4 is 5.32 Å². The van der Waals surface area contributed by atoms with Crippen LogP contribution in [0.5, 0.6) is 0 Å². The maximum Gasteiger partial charge on any atom is 0.264 e. The number of nitrogens with zero attached hydrogens (tertiary/aromatic N) is 3. The zero-order valence-electron chi connectivity index (χ0n) is 17.7. The summed E-state index contributed by atoms with van der Waals surface area (Å²) in [6.45, 7) is 2.12. The van der Waals surface area contributed by atoms with Gasteiger partial charge in [0.2, 0.25) is 5.91 Å². The Kier molecular flexibility index (Phi) is 6.39. The molecule has 2 atom stereocenters. The van der Waals surface area contributed by atoms with Crippen molar-refractivity contribution < 1.29 is 14.4 Å². The van der Waals surface area contributed by atoms with Gasteiger partial charge in [-0.25, -0.2) is 0 Å². The van der Waals surface area contributed by atoms with Crippen LogP contribution >= 0.6 is 34.3 Å². The summed E-state index contributed by atoms with van der Waals surface area (Å²) in [7, 11) is 5.44. The van der Waals surface area contributed by atoms with Crippen LogP contribution in [0, 0.1) is 0 Å². The number of carbonyl (C=O) groups excluding carboxylic acids is 3. The number of likely N-dealkylation sites (tertiary alicyclic amines) is 1. The zero-order valence-corrected chi connectivity index (χ0v) is 20.1. The molecule has 4 heterocycles. The van der Waals surface area contributed by atoms with E-state index < -0.39 is 6.04 Å². The molecule has 0 radical (unpaired) electrons. The molecule has 3 amide bonds. The fourth-order valence-corrected chi connectivity index (χ4v) is 6.28. The molecule has 0 unspecified atom stereocenters. The first kappa shape index (κ1) is 22.3. The van der Waals surface area contributed by atoms with Crippen LogP contribution in [0.1, 0.15) is 36.2 Å². The van der Waals surface area contributed by atoms with E-state index in [0.717, 1.165) is 19.5 Å². The zero-order chi connectivity index (χ0) is 22.3. The van der Waals surface area contributed by atoms with Crippen LogP contribution in [0.3, 0.4) is 0 Å². The highest BCUT2D eigenvalue weighted by atomic mass is 35.5. The number of thiophene rings is 2. The van der Waals surface area contributed by atoms with Crippen molar-refractivity contribution in [2.24, 2.45) is 0 Å². The molecule has 1 saturated heterocycles. The molecule has 0 spiro atoms. The number of rotatable bonds is 4. The summed E-state index contributed by atoms with van der Waals surface area (Å²) >= 11 is 8.66. The average Bonchev–Trinajstić information content (AvgIpc) is 3.44. The van der Waals surface area contributed by atoms with Gasteiger partial charge in [-0.1, -0.05) is 11.6 Å². The summed E-state index contributed by atoms with van der Waals surface area (Å²) in [5.74, 6) is -0.509. The molecule has 166 valence electrons. The number of hydrogen-bond acceptors (Lipinski definition) is 6. The molecular weight excluding hydrogens is 456 g/mol. The number of halogens is 1. The highest BCUT2D eigenvalue weighted by molar-refractivity contribution is 7.18. The number of fused-ring (bicyclic) bond motifs is 1. The summed E-state index contributed by atoms with van der Waals surface area (Å²) in [4.78, 5) is 46.6. The van der Waals surface area contributed by atoms with Gasteiger partial charge in [0.05, 0.1) is 14.1 Å². The van der Waals surface area contributed by atoms with Gasteiger partial charge in [0.1, 0.15) is 6.04 Å². The van der Waals surface area contributed by atoms with Gasteiger partial charge < -0.3 is 20.0 Å². The Hall–Kier alpha value is -1.94. The second-order valence-corrected chi connectivity index (χ2v) is 11.1. The van der Waals surface area contributed by atoms with Crippen molar-refractivity contribution in [3.8, 4) is 0 Å². The summed E-state index contributed by atoms with van der Waals surface area (Å²) in [6, 6.07) is 4.44. The van der Waals surface area contributed by atoms with Crippen LogP contribution in [-0.4, -0.2) is 78.7 Å². The molecule has 2 aliphatic rings. The molecule has 2 aromatic heterocycles. The molecular formula is C21H25ClN4O3S2. The third-order valence-corrected chi connectivity index (χ3v) is 8.08. The molecule has 10 heteroatoms. The third kappa shape index (κ3) is 4.64. The van der Waals surface area contributed by atoms with E-state index >= 15 is 0 Å². The van der Waals surface area contributed by atoms with Crippen molar-refractivity contribution in [2.45, 2.75) is 31.5 Å². The van der Waals surface area contributed by atoms with Gasteiger partial charge in [0.25, 0.3) is 11.8 Å². The SMILES string of the molecule is CN1CCc2cc(C(=O)N3C[C@H](NC(=O)c4ccc(Cl)s4)C[C@H]3C(=O)N(C)C)sc2C1. The van der Waals surface area contributed by atoms with Gasteiger partial charge in [-0.2, -0.15) is 0 Å². The van der Waals surface area contributed by atoms with E-state index in [4.69, 9.17) is 11.6 Å². The van der Waals surface area contributed by atoms with Gasteiger partial charge >= 0.3 is 0 Å². The van der Waals surface area contributed by atoms with Crippen molar-refractivity contribution in [3.63, 3.8) is 0 Å². The number of likely N-dealkylation sites (N-methyl/N-ethyl adjacent to an activating group) is 2. The molecule has 1 N–H and O–H groups in total. The van der Waals surface area contributed by atoms with E-state index in [1.165, 1.54) is 38.0 Å². The second-order valence-electron chi connectivity index (χ2n) is 8.26. The number of nitrogens with one attached hydrogen (secondary N) is 1. The largest absolute Gasteiger partial charge is 0.347 e. The molecule has 0 bridgehead atoms. The first-order valence-electron chi connectivity index (χ1n) is 10.1. The van der Waals surface area contributed by atoms with Gasteiger partial charge in [-0.05, 0) is 43.7 Å². The first-order valence-corrected chi connectivity index (χ1v) is 12.1. The molecule has 1 fully saturated rings. The monoisotopic (exact) mass is 480 g/mol. The fraction of sp³-hybridized carbons (Fsp3) is 0.476. The Morgan fingerprint density at radius 1 is 1.19 bits per heavy atom. The van der Waals surface area contributed by atoms with Crippen molar-refractivity contribution in [1.29, 1.82) is 0 Å². The maximum absolute atomic E-state index is 13.4. The van der Waals surface area contributed by atoms with Crippen molar-refractivity contribution >= 4 is 52.0 Å². The quantitative estimate of drug-likeness (QED) is 0.730. The first-order chi connectivity index (χ1) is 14.7. The van der Waals surface area contributed by atoms with Crippen molar-refractivity contribution in [1.82, 2.24) is 20.0 Å². The highest BCUT2D eigenvalue weighted by Crippen LogP contribution is 2.31. The highest BCUT2D eigenvalue weighted by Gasteiger charge is 2.42. The van der Waals surface area contributed by atoms with Crippen LogP contribution in [0.25, 0.3) is 0 Å². The summed E-state index contributed by atoms with van der Waals surface area (Å²) in [5.41, 5.74) is 1.22. The molecule has 0 saturated carbocycles. The number of carbonyl (C=O) groups is 3. The predicted molar refractivity (Wildman–Crippen MR) is 123 cm³/mol. The van der Waals surface area contributed by atoms with E-state index in [1.54, 1.807) is 31.1 Å². The second kappa shape index (κ2) is 8.90.